The number of rotatable bonds is 5. The highest BCUT2D eigenvalue weighted by Gasteiger charge is 2.06. The van der Waals surface area contributed by atoms with Crippen molar-refractivity contribution in [1.29, 1.82) is 0 Å². The molecule has 0 spiro atoms. The molecule has 0 fully saturated rings. The van der Waals surface area contributed by atoms with Crippen LogP contribution in [0.3, 0.4) is 0 Å². The number of hydrogen-bond donors (Lipinski definition) is 0. The Balaban J connectivity index is 1.86. The van der Waals surface area contributed by atoms with Crippen LogP contribution in [0.25, 0.3) is 0 Å². The fraction of sp³-hybridized carbons (Fsp3) is 0.429. The van der Waals surface area contributed by atoms with Crippen molar-refractivity contribution in [3.05, 3.63) is 47.8 Å². The summed E-state index contributed by atoms with van der Waals surface area (Å²) in [6.07, 6.45) is 6.70. The lowest BCUT2D eigenvalue weighted by atomic mass is 10.2. The topological polar surface area (TPSA) is 34.0 Å². The van der Waals surface area contributed by atoms with Gasteiger partial charge in [0.15, 0.2) is 0 Å². The minimum atomic E-state index is 0.933. The van der Waals surface area contributed by atoms with Crippen molar-refractivity contribution in [1.82, 2.24) is 19.4 Å². The number of imidazole rings is 1. The summed E-state index contributed by atoms with van der Waals surface area (Å²) in [5.74, 6) is 1.06. The summed E-state index contributed by atoms with van der Waals surface area (Å²) in [4.78, 5) is 10.7. The first-order chi connectivity index (χ1) is 8.66. The van der Waals surface area contributed by atoms with Crippen molar-refractivity contribution in [3.63, 3.8) is 0 Å². The number of hydrogen-bond acceptors (Lipinski definition) is 3. The molecule has 2 aromatic heterocycles. The molecule has 0 N–H and O–H groups in total. The Kier molecular flexibility index (Phi) is 4.10. The Morgan fingerprint density at radius 3 is 2.61 bits per heavy atom. The maximum absolute atomic E-state index is 4.32. The maximum atomic E-state index is 4.32. The first-order valence-corrected chi connectivity index (χ1v) is 6.21. The molecule has 0 radical (unpaired) electrons. The fourth-order valence-corrected chi connectivity index (χ4v) is 1.92. The molecule has 18 heavy (non-hydrogen) atoms. The molecule has 0 aliphatic carbocycles. The van der Waals surface area contributed by atoms with E-state index in [-0.39, 0.29) is 0 Å². The van der Waals surface area contributed by atoms with Crippen LogP contribution in [0.4, 0.5) is 0 Å². The standard InChI is InChI=1S/C14H20N4/c1-12-16-10-14(18(12)3)11-17(2)9-6-13-4-7-15-8-5-13/h4-5,7-8,10H,6,9,11H2,1-3H3. The number of nitrogens with zero attached hydrogens (tertiary/aromatic N) is 4. The molecule has 0 saturated heterocycles. The van der Waals surface area contributed by atoms with E-state index in [1.807, 2.05) is 25.5 Å². The van der Waals surface area contributed by atoms with Gasteiger partial charge < -0.3 is 9.47 Å². The highest BCUT2D eigenvalue weighted by Crippen LogP contribution is 2.06. The van der Waals surface area contributed by atoms with Crippen LogP contribution < -0.4 is 0 Å². The third-order valence-electron chi connectivity index (χ3n) is 3.28. The van der Waals surface area contributed by atoms with Crippen LogP contribution >= 0.6 is 0 Å². The molecule has 0 unspecified atom stereocenters. The minimum absolute atomic E-state index is 0.933. The van der Waals surface area contributed by atoms with E-state index in [4.69, 9.17) is 0 Å². The summed E-state index contributed by atoms with van der Waals surface area (Å²) in [6.45, 7) is 4.00. The average Bonchev–Trinajstić information content (AvgIpc) is 2.70. The van der Waals surface area contributed by atoms with Gasteiger partial charge in [-0.15, -0.1) is 0 Å². The zero-order chi connectivity index (χ0) is 13.0. The third kappa shape index (κ3) is 3.17. The van der Waals surface area contributed by atoms with Gasteiger partial charge in [-0.05, 0) is 38.1 Å². The van der Waals surface area contributed by atoms with Crippen molar-refractivity contribution >= 4 is 0 Å². The van der Waals surface area contributed by atoms with Gasteiger partial charge >= 0.3 is 0 Å². The van der Waals surface area contributed by atoms with E-state index >= 15 is 0 Å². The molecule has 0 aliphatic heterocycles. The number of likely N-dealkylation sites (N-methyl/N-ethyl adjacent to an activating group) is 1. The highest BCUT2D eigenvalue weighted by atomic mass is 15.1. The van der Waals surface area contributed by atoms with Crippen LogP contribution in [0.5, 0.6) is 0 Å². The molecule has 0 saturated carbocycles. The molecule has 0 aliphatic rings. The Hall–Kier alpha value is -1.68. The second-order valence-electron chi connectivity index (χ2n) is 4.70. The lowest BCUT2D eigenvalue weighted by Crippen LogP contribution is -2.22. The van der Waals surface area contributed by atoms with Gasteiger partial charge in [-0.2, -0.15) is 0 Å². The van der Waals surface area contributed by atoms with Crippen LogP contribution in [0.1, 0.15) is 17.1 Å². The van der Waals surface area contributed by atoms with Crippen LogP contribution in [0.15, 0.2) is 30.7 Å². The Morgan fingerprint density at radius 2 is 2.00 bits per heavy atom. The van der Waals surface area contributed by atoms with Crippen molar-refractivity contribution < 1.29 is 0 Å². The molecule has 0 bridgehead atoms. The molecule has 0 aromatic carbocycles. The fourth-order valence-electron chi connectivity index (χ4n) is 1.92. The highest BCUT2D eigenvalue weighted by molar-refractivity contribution is 5.10. The summed E-state index contributed by atoms with van der Waals surface area (Å²) in [6, 6.07) is 4.14. The summed E-state index contributed by atoms with van der Waals surface area (Å²) in [5.41, 5.74) is 2.59. The molecular formula is C14H20N4. The summed E-state index contributed by atoms with van der Waals surface area (Å²) in [5, 5.41) is 0. The molecule has 0 atom stereocenters. The number of pyridine rings is 1. The smallest absolute Gasteiger partial charge is 0.105 e. The van der Waals surface area contributed by atoms with Gasteiger partial charge in [0, 0.05) is 38.7 Å². The first kappa shape index (κ1) is 12.8. The number of aromatic nitrogens is 3. The third-order valence-corrected chi connectivity index (χ3v) is 3.28. The normalized spacial score (nSPS) is 11.1. The van der Waals surface area contributed by atoms with E-state index in [0.717, 1.165) is 25.3 Å². The van der Waals surface area contributed by atoms with Gasteiger partial charge in [0.2, 0.25) is 0 Å². The molecule has 4 nitrogen and oxygen atoms in total. The first-order valence-electron chi connectivity index (χ1n) is 6.21. The average molecular weight is 244 g/mol. The van der Waals surface area contributed by atoms with Crippen LogP contribution in [-0.2, 0) is 20.0 Å². The second-order valence-corrected chi connectivity index (χ2v) is 4.70. The predicted molar refractivity (Wildman–Crippen MR) is 72.2 cm³/mol. The monoisotopic (exact) mass is 244 g/mol. The largest absolute Gasteiger partial charge is 0.334 e. The quantitative estimate of drug-likeness (QED) is 0.804. The van der Waals surface area contributed by atoms with Crippen molar-refractivity contribution in [2.45, 2.75) is 19.9 Å². The molecule has 0 amide bonds. The Labute approximate surface area is 108 Å². The zero-order valence-corrected chi connectivity index (χ0v) is 11.3. The van der Waals surface area contributed by atoms with E-state index in [2.05, 4.69) is 45.7 Å². The van der Waals surface area contributed by atoms with Crippen LogP contribution in [0.2, 0.25) is 0 Å². The minimum Gasteiger partial charge on any atom is -0.334 e. The van der Waals surface area contributed by atoms with E-state index in [1.54, 1.807) is 0 Å². The SMILES string of the molecule is Cc1ncc(CN(C)CCc2ccncc2)n1C. The van der Waals surface area contributed by atoms with E-state index in [1.165, 1.54) is 11.3 Å². The van der Waals surface area contributed by atoms with E-state index in [0.29, 0.717) is 0 Å². The van der Waals surface area contributed by atoms with Crippen LogP contribution in [0, 0.1) is 6.92 Å². The summed E-state index contributed by atoms with van der Waals surface area (Å²) < 4.78 is 2.14. The van der Waals surface area contributed by atoms with Crippen LogP contribution in [-0.4, -0.2) is 33.0 Å². The lowest BCUT2D eigenvalue weighted by molar-refractivity contribution is 0.323. The second kappa shape index (κ2) is 5.78. The van der Waals surface area contributed by atoms with Gasteiger partial charge in [0.1, 0.15) is 5.82 Å². The molecule has 2 aromatic rings. The van der Waals surface area contributed by atoms with Gasteiger partial charge in [0.25, 0.3) is 0 Å². The molecule has 2 rings (SSSR count). The number of aryl methyl sites for hydroxylation is 1. The van der Waals surface area contributed by atoms with Crippen molar-refractivity contribution in [2.75, 3.05) is 13.6 Å². The predicted octanol–water partition coefficient (Wildman–Crippen LogP) is 1.80. The zero-order valence-electron chi connectivity index (χ0n) is 11.3. The van der Waals surface area contributed by atoms with Crippen molar-refractivity contribution in [2.24, 2.45) is 7.05 Å². The van der Waals surface area contributed by atoms with Crippen molar-refractivity contribution in [3.8, 4) is 0 Å². The van der Waals surface area contributed by atoms with Gasteiger partial charge in [0.05, 0.1) is 5.69 Å². The van der Waals surface area contributed by atoms with Gasteiger partial charge in [-0.25, -0.2) is 4.98 Å². The Morgan fingerprint density at radius 1 is 1.28 bits per heavy atom. The molecular weight excluding hydrogens is 224 g/mol. The van der Waals surface area contributed by atoms with E-state index < -0.39 is 0 Å². The molecule has 96 valence electrons. The lowest BCUT2D eigenvalue weighted by Gasteiger charge is -2.16. The molecule has 2 heterocycles. The summed E-state index contributed by atoms with van der Waals surface area (Å²) in [7, 11) is 4.21. The maximum Gasteiger partial charge on any atom is 0.105 e. The van der Waals surface area contributed by atoms with Gasteiger partial charge in [-0.1, -0.05) is 0 Å². The molecule has 4 heteroatoms. The van der Waals surface area contributed by atoms with E-state index in [9.17, 15) is 0 Å². The Bertz CT molecular complexity index is 490. The van der Waals surface area contributed by atoms with Gasteiger partial charge in [-0.3, -0.25) is 4.98 Å². The summed E-state index contributed by atoms with van der Waals surface area (Å²) >= 11 is 0.